The Balaban J connectivity index is 2.72. The van der Waals surface area contributed by atoms with Crippen molar-refractivity contribution in [3.63, 3.8) is 0 Å². The van der Waals surface area contributed by atoms with Gasteiger partial charge in [0.25, 0.3) is 0 Å². The summed E-state index contributed by atoms with van der Waals surface area (Å²) < 4.78 is 4.60. The topological polar surface area (TPSA) is 38.3 Å². The van der Waals surface area contributed by atoms with Crippen LogP contribution in [0.4, 0.5) is 0 Å². The van der Waals surface area contributed by atoms with E-state index in [-0.39, 0.29) is 5.97 Å². The SMILES string of the molecule is CNC1=CC(C(=O)OC)=CCC1. The summed E-state index contributed by atoms with van der Waals surface area (Å²) in [7, 11) is 3.25. The third-order valence-electron chi connectivity index (χ3n) is 1.85. The Hall–Kier alpha value is -1.25. The lowest BCUT2D eigenvalue weighted by Crippen LogP contribution is -2.12. The molecule has 1 rings (SSSR count). The summed E-state index contributed by atoms with van der Waals surface area (Å²) in [6.45, 7) is 0. The van der Waals surface area contributed by atoms with Crippen LogP contribution in [0.5, 0.6) is 0 Å². The highest BCUT2D eigenvalue weighted by Crippen LogP contribution is 2.15. The van der Waals surface area contributed by atoms with Gasteiger partial charge in [-0.15, -0.1) is 0 Å². The predicted molar refractivity (Wildman–Crippen MR) is 46.5 cm³/mol. The van der Waals surface area contributed by atoms with Gasteiger partial charge in [-0.1, -0.05) is 6.08 Å². The van der Waals surface area contributed by atoms with Gasteiger partial charge in [0.2, 0.25) is 0 Å². The first-order valence-electron chi connectivity index (χ1n) is 3.94. The van der Waals surface area contributed by atoms with E-state index in [0.717, 1.165) is 18.5 Å². The van der Waals surface area contributed by atoms with E-state index in [1.165, 1.54) is 7.11 Å². The summed E-state index contributed by atoms with van der Waals surface area (Å²) in [5, 5.41) is 3.03. The number of hydrogen-bond acceptors (Lipinski definition) is 3. The lowest BCUT2D eigenvalue weighted by molar-refractivity contribution is -0.135. The zero-order chi connectivity index (χ0) is 8.97. The lowest BCUT2D eigenvalue weighted by Gasteiger charge is -2.11. The molecule has 0 aromatic carbocycles. The molecule has 66 valence electrons. The van der Waals surface area contributed by atoms with Crippen molar-refractivity contribution >= 4 is 5.97 Å². The standard InChI is InChI=1S/C9H13NO2/c1-10-8-5-3-4-7(6-8)9(11)12-2/h4,6,10H,3,5H2,1-2H3. The third-order valence-corrected chi connectivity index (χ3v) is 1.85. The van der Waals surface area contributed by atoms with Crippen molar-refractivity contribution in [2.75, 3.05) is 14.2 Å². The molecule has 0 amide bonds. The van der Waals surface area contributed by atoms with Crippen molar-refractivity contribution < 1.29 is 9.53 Å². The zero-order valence-corrected chi connectivity index (χ0v) is 7.39. The maximum Gasteiger partial charge on any atom is 0.337 e. The van der Waals surface area contributed by atoms with Gasteiger partial charge in [0, 0.05) is 12.7 Å². The Morgan fingerprint density at radius 3 is 3.00 bits per heavy atom. The highest BCUT2D eigenvalue weighted by molar-refractivity contribution is 5.91. The Morgan fingerprint density at radius 2 is 2.42 bits per heavy atom. The molecule has 3 heteroatoms. The number of hydrogen-bond donors (Lipinski definition) is 1. The summed E-state index contributed by atoms with van der Waals surface area (Å²) in [5.41, 5.74) is 1.73. The molecule has 0 unspecified atom stereocenters. The molecule has 0 aromatic rings. The lowest BCUT2D eigenvalue weighted by atomic mass is 10.0. The summed E-state index contributed by atoms with van der Waals surface area (Å²) >= 11 is 0. The fourth-order valence-corrected chi connectivity index (χ4v) is 1.16. The molecule has 1 N–H and O–H groups in total. The molecular formula is C9H13NO2. The minimum absolute atomic E-state index is 0.262. The molecule has 1 aliphatic carbocycles. The maximum absolute atomic E-state index is 11.1. The zero-order valence-electron chi connectivity index (χ0n) is 7.39. The predicted octanol–water partition coefficient (Wildman–Crippen LogP) is 0.983. The van der Waals surface area contributed by atoms with Gasteiger partial charge in [-0.2, -0.15) is 0 Å². The van der Waals surface area contributed by atoms with E-state index >= 15 is 0 Å². The number of carbonyl (C=O) groups excluding carboxylic acids is 1. The number of rotatable bonds is 2. The van der Waals surface area contributed by atoms with Crippen molar-refractivity contribution in [2.24, 2.45) is 0 Å². The van der Waals surface area contributed by atoms with E-state index in [1.807, 2.05) is 19.2 Å². The molecule has 0 aliphatic heterocycles. The number of ether oxygens (including phenoxy) is 1. The number of nitrogens with one attached hydrogen (secondary N) is 1. The molecule has 0 saturated heterocycles. The first kappa shape index (κ1) is 8.84. The number of carbonyl (C=O) groups is 1. The molecule has 0 bridgehead atoms. The van der Waals surface area contributed by atoms with Gasteiger partial charge in [0.1, 0.15) is 0 Å². The van der Waals surface area contributed by atoms with E-state index in [1.54, 1.807) is 0 Å². The summed E-state index contributed by atoms with van der Waals surface area (Å²) in [6, 6.07) is 0. The molecule has 0 saturated carbocycles. The third kappa shape index (κ3) is 1.87. The monoisotopic (exact) mass is 167 g/mol. The fourth-order valence-electron chi connectivity index (χ4n) is 1.16. The molecule has 1 aliphatic rings. The summed E-state index contributed by atoms with van der Waals surface area (Å²) in [6.07, 6.45) is 5.59. The van der Waals surface area contributed by atoms with Crippen LogP contribution >= 0.6 is 0 Å². The van der Waals surface area contributed by atoms with Crippen LogP contribution in [0.15, 0.2) is 23.4 Å². The van der Waals surface area contributed by atoms with Crippen LogP contribution in [-0.4, -0.2) is 20.1 Å². The molecule has 0 heterocycles. The number of esters is 1. The normalized spacial score (nSPS) is 16.2. The van der Waals surface area contributed by atoms with E-state index in [9.17, 15) is 4.79 Å². The highest BCUT2D eigenvalue weighted by atomic mass is 16.5. The smallest absolute Gasteiger partial charge is 0.337 e. The van der Waals surface area contributed by atoms with Crippen molar-refractivity contribution in [3.8, 4) is 0 Å². The second kappa shape index (κ2) is 3.95. The fraction of sp³-hybridized carbons (Fsp3) is 0.444. The van der Waals surface area contributed by atoms with Crippen LogP contribution in [0, 0.1) is 0 Å². The largest absolute Gasteiger partial charge is 0.465 e. The van der Waals surface area contributed by atoms with Crippen molar-refractivity contribution in [3.05, 3.63) is 23.4 Å². The Bertz CT molecular complexity index is 241. The molecule has 0 aromatic heterocycles. The highest BCUT2D eigenvalue weighted by Gasteiger charge is 2.10. The number of allylic oxidation sites excluding steroid dienone is 2. The Kier molecular flexibility index (Phi) is 2.91. The average molecular weight is 167 g/mol. The van der Waals surface area contributed by atoms with Gasteiger partial charge >= 0.3 is 5.97 Å². The summed E-state index contributed by atoms with van der Waals surface area (Å²) in [5.74, 6) is -0.262. The average Bonchev–Trinajstić information content (AvgIpc) is 2.17. The van der Waals surface area contributed by atoms with Crippen LogP contribution in [0.3, 0.4) is 0 Å². The van der Waals surface area contributed by atoms with Gasteiger partial charge in [-0.05, 0) is 18.9 Å². The van der Waals surface area contributed by atoms with E-state index in [2.05, 4.69) is 10.1 Å². The van der Waals surface area contributed by atoms with Crippen molar-refractivity contribution in [1.82, 2.24) is 5.32 Å². The molecule has 12 heavy (non-hydrogen) atoms. The van der Waals surface area contributed by atoms with E-state index < -0.39 is 0 Å². The number of methoxy groups -OCH3 is 1. The molecule has 0 fully saturated rings. The van der Waals surface area contributed by atoms with Gasteiger partial charge in [-0.3, -0.25) is 0 Å². The molecule has 3 nitrogen and oxygen atoms in total. The van der Waals surface area contributed by atoms with Crippen LogP contribution in [0.25, 0.3) is 0 Å². The second-order valence-corrected chi connectivity index (χ2v) is 2.61. The van der Waals surface area contributed by atoms with Gasteiger partial charge in [0.15, 0.2) is 0 Å². The van der Waals surface area contributed by atoms with Crippen LogP contribution in [0.1, 0.15) is 12.8 Å². The van der Waals surface area contributed by atoms with Crippen LogP contribution in [0.2, 0.25) is 0 Å². The molecule has 0 radical (unpaired) electrons. The van der Waals surface area contributed by atoms with Crippen LogP contribution in [-0.2, 0) is 9.53 Å². The second-order valence-electron chi connectivity index (χ2n) is 2.61. The molecular weight excluding hydrogens is 154 g/mol. The minimum atomic E-state index is -0.262. The minimum Gasteiger partial charge on any atom is -0.465 e. The van der Waals surface area contributed by atoms with Crippen LogP contribution < -0.4 is 5.32 Å². The molecule has 0 atom stereocenters. The summed E-state index contributed by atoms with van der Waals surface area (Å²) in [4.78, 5) is 11.1. The van der Waals surface area contributed by atoms with Crippen molar-refractivity contribution in [1.29, 1.82) is 0 Å². The Labute approximate surface area is 72.1 Å². The maximum atomic E-state index is 11.1. The van der Waals surface area contributed by atoms with Crippen molar-refractivity contribution in [2.45, 2.75) is 12.8 Å². The van der Waals surface area contributed by atoms with E-state index in [0.29, 0.717) is 5.57 Å². The quantitative estimate of drug-likeness (QED) is 0.623. The first-order valence-corrected chi connectivity index (χ1v) is 3.94. The first-order chi connectivity index (χ1) is 5.77. The molecule has 0 spiro atoms. The van der Waals surface area contributed by atoms with Gasteiger partial charge < -0.3 is 10.1 Å². The van der Waals surface area contributed by atoms with Gasteiger partial charge in [-0.25, -0.2) is 4.79 Å². The Morgan fingerprint density at radius 1 is 1.67 bits per heavy atom. The van der Waals surface area contributed by atoms with Gasteiger partial charge in [0.05, 0.1) is 12.7 Å². The van der Waals surface area contributed by atoms with E-state index in [4.69, 9.17) is 0 Å².